The van der Waals surface area contributed by atoms with E-state index in [0.29, 0.717) is 11.1 Å². The summed E-state index contributed by atoms with van der Waals surface area (Å²) in [4.78, 5) is 22.1. The fourth-order valence-electron chi connectivity index (χ4n) is 6.38. The molecule has 0 spiro atoms. The summed E-state index contributed by atoms with van der Waals surface area (Å²) in [6, 6.07) is 13.8. The number of hydrogen-bond acceptors (Lipinski definition) is 4. The van der Waals surface area contributed by atoms with E-state index in [1.54, 1.807) is 48.5 Å². The average molecular weight is 1380 g/mol. The van der Waals surface area contributed by atoms with E-state index in [0.717, 1.165) is 11.4 Å². The maximum absolute atomic E-state index is 15.6. The number of benzene rings is 2. The minimum atomic E-state index is -5.03. The summed E-state index contributed by atoms with van der Waals surface area (Å²) < 4.78 is 93.9. The number of alkyl halides is 6. The van der Waals surface area contributed by atoms with Crippen molar-refractivity contribution in [1.29, 1.82) is 0 Å². The van der Waals surface area contributed by atoms with Crippen molar-refractivity contribution in [3.63, 3.8) is 0 Å². The van der Waals surface area contributed by atoms with E-state index in [-0.39, 0.29) is 86.4 Å². The third-order valence-corrected chi connectivity index (χ3v) is 17.4. The molecule has 0 amide bonds. The summed E-state index contributed by atoms with van der Waals surface area (Å²) in [6.07, 6.45) is -10.1. The van der Waals surface area contributed by atoms with Gasteiger partial charge >= 0.3 is 29.4 Å². The molecule has 5 heterocycles. The monoisotopic (exact) mass is 1370 g/mol. The first-order valence-electron chi connectivity index (χ1n) is 16.3. The summed E-state index contributed by atoms with van der Waals surface area (Å²) in [7, 11) is 7.32. The minimum Gasteiger partial charge on any atom is -0.655 e. The Balaban J connectivity index is 0.00000585. The summed E-state index contributed by atoms with van der Waals surface area (Å²) in [6.45, 7) is 0. The van der Waals surface area contributed by atoms with Crippen molar-refractivity contribution >= 4 is 179 Å². The number of anilines is 2. The SMILES string of the molecule is CN(C)c1ccc(-c2c3nc(c(C(F)(F)F)c4[n-]c(c(Br)c4Br)c(-c4ccc(N(C)C)cc4)c4nc(c(C(F)(F)F)c5[n-]c2c(Br)c5Br)C(Br)=C4Br)C(Br)=C3Br)cc1.[Cu+2]. The minimum absolute atomic E-state index is 0. The van der Waals surface area contributed by atoms with Crippen LogP contribution in [0.2, 0.25) is 0 Å². The number of aromatic nitrogens is 4. The molecule has 0 atom stereocenters. The Labute approximate surface area is 410 Å². The van der Waals surface area contributed by atoms with Gasteiger partial charge in [0.05, 0.1) is 51.8 Å². The van der Waals surface area contributed by atoms with Crippen molar-refractivity contribution in [2.75, 3.05) is 38.0 Å². The number of hydrogen-bond donors (Lipinski definition) is 0. The molecule has 3 aromatic heterocycles. The second-order valence-electron chi connectivity index (χ2n) is 13.1. The fraction of sp³-hybridized carbons (Fsp3) is 0.158. The summed E-state index contributed by atoms with van der Waals surface area (Å²) in [5.41, 5.74) is -2.00. The van der Waals surface area contributed by atoms with E-state index in [1.807, 2.05) is 38.0 Å². The second kappa shape index (κ2) is 17.3. The summed E-state index contributed by atoms with van der Waals surface area (Å²) in [5, 5.41) is 0. The summed E-state index contributed by atoms with van der Waals surface area (Å²) >= 11 is 27.4. The first-order chi connectivity index (χ1) is 27.0. The zero-order valence-corrected chi connectivity index (χ0v) is 43.5. The molecule has 0 saturated heterocycles. The Morgan fingerprint density at radius 1 is 0.441 bits per heavy atom. The van der Waals surface area contributed by atoms with Crippen molar-refractivity contribution < 1.29 is 43.4 Å². The molecular weight excluding hydrogens is 1360 g/mol. The molecule has 0 unspecified atom stereocenters. The predicted octanol–water partition coefficient (Wildman–Crippen LogP) is 15.4. The topological polar surface area (TPSA) is 60.5 Å². The van der Waals surface area contributed by atoms with Gasteiger partial charge in [-0.3, -0.25) is 0 Å². The molecule has 0 saturated carbocycles. The van der Waals surface area contributed by atoms with Gasteiger partial charge in [-0.05, 0) is 110 Å². The van der Waals surface area contributed by atoms with Crippen molar-refractivity contribution in [3.05, 3.63) is 100 Å². The van der Waals surface area contributed by atoms with Gasteiger partial charge in [-0.15, -0.1) is 22.1 Å². The average Bonchev–Trinajstić information content (AvgIpc) is 3.80. The Morgan fingerprint density at radius 2 is 0.712 bits per heavy atom. The van der Waals surface area contributed by atoms with Crippen LogP contribution in [0.3, 0.4) is 0 Å². The number of nitrogens with zero attached hydrogens (tertiary/aromatic N) is 6. The first kappa shape index (κ1) is 47.1. The van der Waals surface area contributed by atoms with E-state index in [2.05, 4.69) is 147 Å². The van der Waals surface area contributed by atoms with E-state index in [1.165, 1.54) is 0 Å². The largest absolute Gasteiger partial charge is 2.00 e. The van der Waals surface area contributed by atoms with Gasteiger partial charge < -0.3 is 19.8 Å². The molecule has 1 radical (unpaired) electrons. The molecule has 311 valence electrons. The van der Waals surface area contributed by atoms with Crippen molar-refractivity contribution in [1.82, 2.24) is 19.9 Å². The van der Waals surface area contributed by atoms with Gasteiger partial charge in [0.1, 0.15) is 0 Å². The normalized spacial score (nSPS) is 13.3. The van der Waals surface area contributed by atoms with Crippen LogP contribution in [0.25, 0.3) is 62.3 Å². The van der Waals surface area contributed by atoms with Gasteiger partial charge in [-0.25, -0.2) is 9.97 Å². The van der Waals surface area contributed by atoms with Crippen molar-refractivity contribution in [2.24, 2.45) is 0 Å². The van der Waals surface area contributed by atoms with Gasteiger partial charge in [0.15, 0.2) is 0 Å². The van der Waals surface area contributed by atoms with Crippen LogP contribution < -0.4 is 19.8 Å². The zero-order valence-electron chi connectivity index (χ0n) is 29.9. The molecule has 2 aromatic carbocycles. The fourth-order valence-corrected chi connectivity index (χ4v) is 10.2. The Bertz CT molecular complexity index is 2600. The molecule has 21 heteroatoms. The Hall–Kier alpha value is -1.42. The van der Waals surface area contributed by atoms with E-state index < -0.39 is 45.9 Å². The Morgan fingerprint density at radius 3 is 0.983 bits per heavy atom. The first-order valence-corrected chi connectivity index (χ1v) is 22.7. The van der Waals surface area contributed by atoms with E-state index in [4.69, 9.17) is 0 Å². The predicted molar refractivity (Wildman–Crippen MR) is 249 cm³/mol. The van der Waals surface area contributed by atoms with Crippen LogP contribution in [0.5, 0.6) is 0 Å². The van der Waals surface area contributed by atoms with Crippen LogP contribution in [0.1, 0.15) is 33.9 Å². The Kier molecular flexibility index (Phi) is 13.8. The molecular formula is C38H20Br8CuF6N6. The van der Waals surface area contributed by atoms with Gasteiger partial charge in [-0.2, -0.15) is 26.3 Å². The zero-order chi connectivity index (χ0) is 42.5. The second-order valence-corrected chi connectivity index (χ2v) is 19.5. The maximum atomic E-state index is 15.6. The van der Waals surface area contributed by atoms with E-state index >= 15 is 26.3 Å². The molecule has 59 heavy (non-hydrogen) atoms. The third kappa shape index (κ3) is 8.29. The van der Waals surface area contributed by atoms with Crippen molar-refractivity contribution in [3.8, 4) is 22.3 Å². The van der Waals surface area contributed by atoms with Gasteiger partial charge in [-0.1, -0.05) is 88.0 Å². The molecule has 0 fully saturated rings. The molecule has 0 aliphatic carbocycles. The smallest absolute Gasteiger partial charge is 0.655 e. The molecule has 5 aromatic rings. The number of fused-ring (bicyclic) bond motifs is 8. The van der Waals surface area contributed by atoms with Crippen LogP contribution in [-0.4, -0.2) is 38.2 Å². The molecule has 7 rings (SSSR count). The van der Waals surface area contributed by atoms with Gasteiger partial charge in [0.25, 0.3) is 0 Å². The van der Waals surface area contributed by atoms with E-state index in [9.17, 15) is 0 Å². The van der Waals surface area contributed by atoms with Crippen LogP contribution >= 0.6 is 127 Å². The van der Waals surface area contributed by atoms with Crippen LogP contribution in [0, 0.1) is 0 Å². The molecule has 2 aliphatic rings. The van der Waals surface area contributed by atoms with Crippen LogP contribution in [0.15, 0.2) is 66.4 Å². The maximum Gasteiger partial charge on any atom is 2.00 e. The summed E-state index contributed by atoms with van der Waals surface area (Å²) in [5.74, 6) is 0. The van der Waals surface area contributed by atoms with Gasteiger partial charge in [0, 0.05) is 57.5 Å². The molecule has 2 aliphatic heterocycles. The number of halogens is 14. The van der Waals surface area contributed by atoms with Crippen molar-refractivity contribution in [2.45, 2.75) is 12.4 Å². The third-order valence-electron chi connectivity index (χ3n) is 9.13. The molecule has 0 N–H and O–H groups in total. The van der Waals surface area contributed by atoms with Crippen LogP contribution in [0.4, 0.5) is 37.7 Å². The van der Waals surface area contributed by atoms with Gasteiger partial charge in [0.2, 0.25) is 0 Å². The van der Waals surface area contributed by atoms with Crippen LogP contribution in [-0.2, 0) is 29.4 Å². The standard InChI is InChI=1S/C38H20Br8F6N6.Cu/c1-57(2)15-9-5-13(6-10-15)17-29-21(39)25(43)33(53-29)19(37(47,48)49)35-27(45)23(41)31(55-35)18(14-7-11-16(12-8-14)58(3)4)32-24(42)28(46)36(56-32)20(38(50,51)52)34-26(44)22(40)30(17)54-34;/h5-12H,1-4H3;/q-2;+2. The number of rotatable bonds is 4. The molecule has 6 nitrogen and oxygen atoms in total. The quantitative estimate of drug-likeness (QED) is 0.132. The molecule has 8 bridgehead atoms.